The highest BCUT2D eigenvalue weighted by Gasteiger charge is 2.42. The van der Waals surface area contributed by atoms with Crippen LogP contribution >= 0.6 is 0 Å². The molecule has 36 heavy (non-hydrogen) atoms. The van der Waals surface area contributed by atoms with Crippen LogP contribution in [0.5, 0.6) is 5.75 Å². The molecule has 2 aromatic carbocycles. The lowest BCUT2D eigenvalue weighted by Gasteiger charge is -2.30. The summed E-state index contributed by atoms with van der Waals surface area (Å²) in [6, 6.07) is 10.7. The van der Waals surface area contributed by atoms with Gasteiger partial charge in [-0.3, -0.25) is 4.79 Å². The summed E-state index contributed by atoms with van der Waals surface area (Å²) >= 11 is 0. The number of nitrogens with zero attached hydrogens (tertiary/aromatic N) is 3. The van der Waals surface area contributed by atoms with Crippen LogP contribution in [0, 0.1) is 0 Å². The number of alkyl halides is 3. The Hall–Kier alpha value is -3.56. The summed E-state index contributed by atoms with van der Waals surface area (Å²) in [7, 11) is 1.52. The third kappa shape index (κ3) is 5.17. The number of carbonyl (C=O) groups excluding carboxylic acids is 2. The molecule has 0 radical (unpaired) electrons. The molecule has 0 N–H and O–H groups in total. The first-order valence-corrected chi connectivity index (χ1v) is 11.6. The molecule has 0 fully saturated rings. The van der Waals surface area contributed by atoms with Crippen LogP contribution in [0.2, 0.25) is 0 Å². The summed E-state index contributed by atoms with van der Waals surface area (Å²) in [5.41, 5.74) is -0.851. The van der Waals surface area contributed by atoms with Crippen molar-refractivity contribution in [1.82, 2.24) is 4.90 Å². The van der Waals surface area contributed by atoms with Crippen LogP contribution in [-0.2, 0) is 22.1 Å². The van der Waals surface area contributed by atoms with Gasteiger partial charge in [-0.1, -0.05) is 18.2 Å². The zero-order chi connectivity index (χ0) is 26.3. The number of hydrogen-bond acceptors (Lipinski definition) is 5. The Morgan fingerprint density at radius 1 is 1.06 bits per heavy atom. The van der Waals surface area contributed by atoms with Gasteiger partial charge in [0.1, 0.15) is 11.4 Å². The number of guanidine groups is 1. The van der Waals surface area contributed by atoms with E-state index in [2.05, 4.69) is 4.99 Å². The smallest absolute Gasteiger partial charge is 0.417 e. The first kappa shape index (κ1) is 25.5. The molecular formula is C26H28F3N3O4. The largest absolute Gasteiger partial charge is 0.497 e. The van der Waals surface area contributed by atoms with Gasteiger partial charge in [0, 0.05) is 6.42 Å². The number of fused-ring (bicyclic) bond motifs is 1. The number of rotatable bonds is 2. The van der Waals surface area contributed by atoms with E-state index in [-0.39, 0.29) is 43.1 Å². The van der Waals surface area contributed by atoms with E-state index in [1.54, 1.807) is 45.0 Å². The van der Waals surface area contributed by atoms with Crippen molar-refractivity contribution in [3.63, 3.8) is 0 Å². The number of ether oxygens (including phenoxy) is 2. The molecule has 192 valence electrons. The normalized spacial score (nSPS) is 18.5. The van der Waals surface area contributed by atoms with Crippen LogP contribution in [0.25, 0.3) is 0 Å². The van der Waals surface area contributed by atoms with Gasteiger partial charge in [-0.2, -0.15) is 13.2 Å². The zero-order valence-corrected chi connectivity index (χ0v) is 20.6. The molecule has 0 aromatic heterocycles. The lowest BCUT2D eigenvalue weighted by atomic mass is 9.88. The lowest BCUT2D eigenvalue weighted by Crippen LogP contribution is -2.49. The summed E-state index contributed by atoms with van der Waals surface area (Å²) < 4.78 is 52.9. The van der Waals surface area contributed by atoms with Gasteiger partial charge in [-0.25, -0.2) is 19.6 Å². The number of aliphatic imine (C=N–C) groups is 1. The molecule has 0 saturated heterocycles. The maximum absolute atomic E-state index is 14.1. The molecule has 2 aromatic rings. The third-order valence-corrected chi connectivity index (χ3v) is 6.04. The minimum atomic E-state index is -4.63. The van der Waals surface area contributed by atoms with Crippen LogP contribution < -0.4 is 9.64 Å². The van der Waals surface area contributed by atoms with E-state index in [9.17, 15) is 22.8 Å². The molecule has 2 aliphatic heterocycles. The standard InChI is InChI=1S/C26H28F3N3O4/c1-25(2,3)36-24(34)31-13-12-30-23(31)32-21-7-5-6-20(26(27,28)29)19(21)14-17(15-22(32)33)16-8-10-18(35-4)11-9-16/h5-11,17H,12-15H2,1-4H3. The van der Waals surface area contributed by atoms with Crippen molar-refractivity contribution in [1.29, 1.82) is 0 Å². The van der Waals surface area contributed by atoms with Crippen LogP contribution in [0.15, 0.2) is 47.5 Å². The van der Waals surface area contributed by atoms with E-state index in [1.807, 2.05) is 0 Å². The van der Waals surface area contributed by atoms with Gasteiger partial charge in [0.25, 0.3) is 0 Å². The highest BCUT2D eigenvalue weighted by atomic mass is 19.4. The molecule has 2 amide bonds. The highest BCUT2D eigenvalue weighted by Crippen LogP contribution is 2.42. The maximum atomic E-state index is 14.1. The highest BCUT2D eigenvalue weighted by molar-refractivity contribution is 6.20. The predicted molar refractivity (Wildman–Crippen MR) is 128 cm³/mol. The van der Waals surface area contributed by atoms with Crippen LogP contribution in [0.1, 0.15) is 49.8 Å². The Balaban J connectivity index is 1.80. The fourth-order valence-corrected chi connectivity index (χ4v) is 4.47. The number of carbonyl (C=O) groups is 2. The minimum Gasteiger partial charge on any atom is -0.497 e. The average Bonchev–Trinajstić information content (AvgIpc) is 3.22. The van der Waals surface area contributed by atoms with Gasteiger partial charge in [0.15, 0.2) is 0 Å². The summed E-state index contributed by atoms with van der Waals surface area (Å²) in [4.78, 5) is 33.2. The fourth-order valence-electron chi connectivity index (χ4n) is 4.47. The van der Waals surface area contributed by atoms with Gasteiger partial charge in [0.05, 0.1) is 31.5 Å². The number of hydrogen-bond donors (Lipinski definition) is 0. The molecule has 10 heteroatoms. The van der Waals surface area contributed by atoms with Crippen LogP contribution in [0.3, 0.4) is 0 Å². The number of anilines is 1. The Kier molecular flexibility index (Phi) is 6.72. The lowest BCUT2D eigenvalue weighted by molar-refractivity contribution is -0.138. The zero-order valence-electron chi connectivity index (χ0n) is 20.6. The van der Waals surface area contributed by atoms with E-state index in [0.717, 1.165) is 11.0 Å². The van der Waals surface area contributed by atoms with E-state index in [1.165, 1.54) is 24.1 Å². The molecule has 7 nitrogen and oxygen atoms in total. The molecule has 4 rings (SSSR count). The van der Waals surface area contributed by atoms with Crippen molar-refractivity contribution < 1.29 is 32.2 Å². The van der Waals surface area contributed by atoms with E-state index in [4.69, 9.17) is 9.47 Å². The van der Waals surface area contributed by atoms with Crippen LogP contribution in [-0.4, -0.2) is 48.7 Å². The maximum Gasteiger partial charge on any atom is 0.417 e. The average molecular weight is 504 g/mol. The Bertz CT molecular complexity index is 1190. The van der Waals surface area contributed by atoms with Crippen molar-refractivity contribution >= 4 is 23.6 Å². The molecule has 0 bridgehead atoms. The number of halogens is 3. The quantitative estimate of drug-likeness (QED) is 0.552. The van der Waals surface area contributed by atoms with Crippen molar-refractivity contribution in [2.24, 2.45) is 4.99 Å². The summed E-state index contributed by atoms with van der Waals surface area (Å²) in [5, 5.41) is 0. The summed E-state index contributed by atoms with van der Waals surface area (Å²) in [6.07, 6.45) is -5.42. The Labute approximate surface area is 207 Å². The van der Waals surface area contributed by atoms with Crippen molar-refractivity contribution in [2.75, 3.05) is 25.1 Å². The van der Waals surface area contributed by atoms with Crippen molar-refractivity contribution in [3.05, 3.63) is 59.2 Å². The van der Waals surface area contributed by atoms with Gasteiger partial charge >= 0.3 is 12.3 Å². The van der Waals surface area contributed by atoms with E-state index >= 15 is 0 Å². The fraction of sp³-hybridized carbons (Fsp3) is 0.423. The number of methoxy groups -OCH3 is 1. The van der Waals surface area contributed by atoms with Gasteiger partial charge in [-0.05, 0) is 68.5 Å². The second kappa shape index (κ2) is 9.48. The molecule has 1 atom stereocenters. The number of benzene rings is 2. The second-order valence-corrected chi connectivity index (χ2v) is 9.72. The monoisotopic (exact) mass is 503 g/mol. The first-order valence-electron chi connectivity index (χ1n) is 11.6. The Morgan fingerprint density at radius 3 is 2.36 bits per heavy atom. The molecule has 0 saturated carbocycles. The Morgan fingerprint density at radius 2 is 1.75 bits per heavy atom. The predicted octanol–water partition coefficient (Wildman–Crippen LogP) is 5.38. The molecule has 0 aliphatic carbocycles. The van der Waals surface area contributed by atoms with E-state index < -0.39 is 35.3 Å². The second-order valence-electron chi connectivity index (χ2n) is 9.72. The molecule has 2 aliphatic rings. The third-order valence-electron chi connectivity index (χ3n) is 6.04. The van der Waals surface area contributed by atoms with E-state index in [0.29, 0.717) is 11.3 Å². The van der Waals surface area contributed by atoms with Gasteiger partial charge in [0.2, 0.25) is 11.9 Å². The van der Waals surface area contributed by atoms with Gasteiger partial charge < -0.3 is 9.47 Å². The minimum absolute atomic E-state index is 0.0146. The van der Waals surface area contributed by atoms with Crippen molar-refractivity contribution in [3.8, 4) is 5.75 Å². The molecule has 1 unspecified atom stereocenters. The van der Waals surface area contributed by atoms with Crippen molar-refractivity contribution in [2.45, 2.75) is 51.3 Å². The summed E-state index contributed by atoms with van der Waals surface area (Å²) in [6.45, 7) is 5.48. The summed E-state index contributed by atoms with van der Waals surface area (Å²) in [5.74, 6) is -0.397. The molecular weight excluding hydrogens is 475 g/mol. The van der Waals surface area contributed by atoms with Gasteiger partial charge in [-0.15, -0.1) is 0 Å². The van der Waals surface area contributed by atoms with Crippen LogP contribution in [0.4, 0.5) is 23.7 Å². The number of amides is 2. The first-order chi connectivity index (χ1) is 16.9. The SMILES string of the molecule is COc1ccc(C2CC(=O)N(C3=NCCN3C(=O)OC(C)(C)C)c3cccc(C(F)(F)F)c3C2)cc1. The molecule has 2 heterocycles. The molecule has 0 spiro atoms. The topological polar surface area (TPSA) is 71.4 Å².